The Morgan fingerprint density at radius 1 is 1.29 bits per heavy atom. The molecule has 0 aliphatic rings. The van der Waals surface area contributed by atoms with E-state index in [4.69, 9.17) is 0 Å². The molecule has 1 nitrogen and oxygen atoms in total. The molecule has 0 aliphatic carbocycles. The zero-order chi connectivity index (χ0) is 13.1. The van der Waals surface area contributed by atoms with Gasteiger partial charge >= 0.3 is 6.18 Å². The van der Waals surface area contributed by atoms with Gasteiger partial charge < -0.3 is 5.32 Å². The van der Waals surface area contributed by atoms with E-state index in [1.807, 2.05) is 13.8 Å². The van der Waals surface area contributed by atoms with Crippen LogP contribution in [0, 0.1) is 5.82 Å². The van der Waals surface area contributed by atoms with Crippen molar-refractivity contribution >= 4 is 0 Å². The number of rotatable bonds is 4. The highest BCUT2D eigenvalue weighted by Crippen LogP contribution is 2.32. The molecule has 17 heavy (non-hydrogen) atoms. The number of hydrogen-bond donors (Lipinski definition) is 1. The molecular weight excluding hydrogens is 234 g/mol. The molecule has 0 amide bonds. The summed E-state index contributed by atoms with van der Waals surface area (Å²) >= 11 is 0. The van der Waals surface area contributed by atoms with Crippen molar-refractivity contribution in [1.29, 1.82) is 0 Å². The summed E-state index contributed by atoms with van der Waals surface area (Å²) in [5.41, 5.74) is -0.840. The lowest BCUT2D eigenvalue weighted by atomic mass is 10.1. The molecule has 0 aliphatic heterocycles. The fraction of sp³-hybridized carbons (Fsp3) is 0.500. The van der Waals surface area contributed by atoms with E-state index in [2.05, 4.69) is 5.32 Å². The number of halogens is 4. The van der Waals surface area contributed by atoms with Crippen molar-refractivity contribution in [2.45, 2.75) is 39.0 Å². The van der Waals surface area contributed by atoms with Gasteiger partial charge in [0.2, 0.25) is 0 Å². The molecule has 0 fully saturated rings. The summed E-state index contributed by atoms with van der Waals surface area (Å²) in [5.74, 6) is -0.871. The minimum absolute atomic E-state index is 0.0687. The first kappa shape index (κ1) is 14.0. The van der Waals surface area contributed by atoms with Gasteiger partial charge in [-0.3, -0.25) is 0 Å². The van der Waals surface area contributed by atoms with Crippen LogP contribution in [0.5, 0.6) is 0 Å². The first-order valence-electron chi connectivity index (χ1n) is 5.43. The van der Waals surface area contributed by atoms with Crippen LogP contribution in [0.4, 0.5) is 17.6 Å². The molecule has 0 saturated carbocycles. The summed E-state index contributed by atoms with van der Waals surface area (Å²) in [7, 11) is 0. The van der Waals surface area contributed by atoms with Crippen molar-refractivity contribution in [2.75, 3.05) is 0 Å². The Labute approximate surface area is 97.8 Å². The minimum atomic E-state index is -4.52. The van der Waals surface area contributed by atoms with E-state index in [-0.39, 0.29) is 18.2 Å². The van der Waals surface area contributed by atoms with E-state index < -0.39 is 17.6 Å². The number of benzene rings is 1. The van der Waals surface area contributed by atoms with Gasteiger partial charge in [-0.15, -0.1) is 0 Å². The Kier molecular flexibility index (Phi) is 4.51. The van der Waals surface area contributed by atoms with Gasteiger partial charge in [-0.2, -0.15) is 13.2 Å². The van der Waals surface area contributed by atoms with Crippen LogP contribution in [0.3, 0.4) is 0 Å². The highest BCUT2D eigenvalue weighted by Gasteiger charge is 2.33. The Bertz CT molecular complexity index is 373. The van der Waals surface area contributed by atoms with Gasteiger partial charge in [-0.1, -0.05) is 13.0 Å². The maximum Gasteiger partial charge on any atom is 0.416 e. The van der Waals surface area contributed by atoms with Gasteiger partial charge in [0.25, 0.3) is 0 Å². The van der Waals surface area contributed by atoms with Gasteiger partial charge in [-0.05, 0) is 31.0 Å². The second kappa shape index (κ2) is 5.49. The van der Waals surface area contributed by atoms with Gasteiger partial charge in [-0.25, -0.2) is 4.39 Å². The lowest BCUT2D eigenvalue weighted by molar-refractivity contribution is -0.138. The van der Waals surface area contributed by atoms with Crippen LogP contribution in [0.25, 0.3) is 0 Å². The molecule has 96 valence electrons. The first-order chi connectivity index (χ1) is 7.84. The Morgan fingerprint density at radius 3 is 2.47 bits per heavy atom. The van der Waals surface area contributed by atoms with Crippen LogP contribution < -0.4 is 5.32 Å². The molecule has 1 aromatic carbocycles. The van der Waals surface area contributed by atoms with Crippen LogP contribution >= 0.6 is 0 Å². The van der Waals surface area contributed by atoms with E-state index in [1.54, 1.807) is 0 Å². The molecule has 1 unspecified atom stereocenters. The van der Waals surface area contributed by atoms with Crippen molar-refractivity contribution < 1.29 is 17.6 Å². The molecule has 5 heteroatoms. The molecule has 0 saturated heterocycles. The van der Waals surface area contributed by atoms with Crippen LogP contribution in [0.1, 0.15) is 31.4 Å². The standard InChI is InChI=1S/C12H15F4N/c1-3-8(2)17-7-9-4-5-10(13)6-11(9)12(14,15)16/h4-6,8,17H,3,7H2,1-2H3. The SMILES string of the molecule is CCC(C)NCc1ccc(F)cc1C(F)(F)F. The molecule has 1 N–H and O–H groups in total. The zero-order valence-electron chi connectivity index (χ0n) is 9.74. The molecule has 1 aromatic rings. The van der Waals surface area contributed by atoms with Gasteiger partial charge in [0.15, 0.2) is 0 Å². The van der Waals surface area contributed by atoms with Gasteiger partial charge in [0, 0.05) is 12.6 Å². The van der Waals surface area contributed by atoms with Crippen molar-refractivity contribution in [3.8, 4) is 0 Å². The number of hydrogen-bond acceptors (Lipinski definition) is 1. The molecule has 0 radical (unpaired) electrons. The van der Waals surface area contributed by atoms with E-state index in [0.717, 1.165) is 12.5 Å². The molecular formula is C12H15F4N. The van der Waals surface area contributed by atoms with Crippen molar-refractivity contribution in [1.82, 2.24) is 5.32 Å². The molecule has 0 spiro atoms. The molecule has 0 bridgehead atoms. The molecule has 0 aromatic heterocycles. The third-order valence-corrected chi connectivity index (χ3v) is 2.63. The van der Waals surface area contributed by atoms with Crippen LogP contribution in [-0.2, 0) is 12.7 Å². The quantitative estimate of drug-likeness (QED) is 0.802. The third kappa shape index (κ3) is 4.00. The van der Waals surface area contributed by atoms with E-state index in [9.17, 15) is 17.6 Å². The van der Waals surface area contributed by atoms with E-state index >= 15 is 0 Å². The second-order valence-electron chi connectivity index (χ2n) is 3.99. The Balaban J connectivity index is 2.91. The van der Waals surface area contributed by atoms with Crippen LogP contribution in [0.2, 0.25) is 0 Å². The van der Waals surface area contributed by atoms with Gasteiger partial charge in [0.05, 0.1) is 5.56 Å². The lowest BCUT2D eigenvalue weighted by Crippen LogP contribution is -2.26. The fourth-order valence-corrected chi connectivity index (χ4v) is 1.40. The monoisotopic (exact) mass is 249 g/mol. The van der Waals surface area contributed by atoms with E-state index in [0.29, 0.717) is 6.07 Å². The zero-order valence-corrected chi connectivity index (χ0v) is 9.74. The highest BCUT2D eigenvalue weighted by atomic mass is 19.4. The summed E-state index contributed by atoms with van der Waals surface area (Å²) in [4.78, 5) is 0. The summed E-state index contributed by atoms with van der Waals surface area (Å²) < 4.78 is 50.7. The number of alkyl halides is 3. The van der Waals surface area contributed by atoms with Crippen LogP contribution in [-0.4, -0.2) is 6.04 Å². The fourth-order valence-electron chi connectivity index (χ4n) is 1.40. The third-order valence-electron chi connectivity index (χ3n) is 2.63. The highest BCUT2D eigenvalue weighted by molar-refractivity contribution is 5.30. The van der Waals surface area contributed by atoms with Crippen molar-refractivity contribution in [3.63, 3.8) is 0 Å². The van der Waals surface area contributed by atoms with E-state index in [1.165, 1.54) is 6.07 Å². The summed E-state index contributed by atoms with van der Waals surface area (Å²) in [6, 6.07) is 2.88. The number of nitrogens with one attached hydrogen (secondary N) is 1. The summed E-state index contributed by atoms with van der Waals surface area (Å²) in [6.07, 6.45) is -3.70. The maximum absolute atomic E-state index is 12.8. The van der Waals surface area contributed by atoms with Crippen LogP contribution in [0.15, 0.2) is 18.2 Å². The predicted octanol–water partition coefficient (Wildman–Crippen LogP) is 3.73. The predicted molar refractivity (Wildman–Crippen MR) is 58.0 cm³/mol. The topological polar surface area (TPSA) is 12.0 Å². The van der Waals surface area contributed by atoms with Gasteiger partial charge in [0.1, 0.15) is 5.82 Å². The minimum Gasteiger partial charge on any atom is -0.310 e. The normalized spacial score (nSPS) is 13.8. The first-order valence-corrected chi connectivity index (χ1v) is 5.43. The smallest absolute Gasteiger partial charge is 0.310 e. The Morgan fingerprint density at radius 2 is 1.94 bits per heavy atom. The summed E-state index contributed by atoms with van der Waals surface area (Å²) in [6.45, 7) is 3.91. The largest absolute Gasteiger partial charge is 0.416 e. The maximum atomic E-state index is 12.8. The van der Waals surface area contributed by atoms with Crippen molar-refractivity contribution in [3.05, 3.63) is 35.1 Å². The second-order valence-corrected chi connectivity index (χ2v) is 3.99. The van der Waals surface area contributed by atoms with Crippen molar-refractivity contribution in [2.24, 2.45) is 0 Å². The average Bonchev–Trinajstić information content (AvgIpc) is 2.25. The molecule has 1 rings (SSSR count). The summed E-state index contributed by atoms with van der Waals surface area (Å²) in [5, 5.41) is 2.96. The lowest BCUT2D eigenvalue weighted by Gasteiger charge is -2.16. The molecule has 0 heterocycles. The Hall–Kier alpha value is -1.10. The molecule has 1 atom stereocenters. The average molecular weight is 249 g/mol.